The number of benzene rings is 2. The highest BCUT2D eigenvalue weighted by molar-refractivity contribution is 6.06. The van der Waals surface area contributed by atoms with Crippen LogP contribution in [0.3, 0.4) is 0 Å². The van der Waals surface area contributed by atoms with Crippen molar-refractivity contribution < 1.29 is 14.4 Å². The van der Waals surface area contributed by atoms with Crippen molar-refractivity contribution in [2.24, 2.45) is 7.05 Å². The van der Waals surface area contributed by atoms with Crippen molar-refractivity contribution in [3.05, 3.63) is 82.3 Å². The molecule has 4 rings (SSSR count). The molecule has 212 valence electrons. The van der Waals surface area contributed by atoms with E-state index in [0.717, 1.165) is 32.1 Å². The van der Waals surface area contributed by atoms with Crippen LogP contribution in [0.15, 0.2) is 65.5 Å². The fourth-order valence-corrected chi connectivity index (χ4v) is 5.39. The van der Waals surface area contributed by atoms with Crippen molar-refractivity contribution in [2.45, 2.75) is 70.9 Å². The molecular formula is C31H39N5O4. The monoisotopic (exact) mass is 545 g/mol. The summed E-state index contributed by atoms with van der Waals surface area (Å²) in [6.07, 6.45) is 5.27. The van der Waals surface area contributed by atoms with Gasteiger partial charge >= 0.3 is 0 Å². The van der Waals surface area contributed by atoms with Crippen molar-refractivity contribution in [1.29, 1.82) is 0 Å². The van der Waals surface area contributed by atoms with Crippen molar-refractivity contribution >= 4 is 23.4 Å². The third-order valence-electron chi connectivity index (χ3n) is 8.04. The Kier molecular flexibility index (Phi) is 8.92. The van der Waals surface area contributed by atoms with Crippen LogP contribution in [0.1, 0.15) is 68.4 Å². The molecule has 1 atom stereocenters. The fourth-order valence-electron chi connectivity index (χ4n) is 5.39. The molecule has 0 saturated heterocycles. The first-order valence-electron chi connectivity index (χ1n) is 14.0. The lowest BCUT2D eigenvalue weighted by molar-refractivity contribution is -0.130. The van der Waals surface area contributed by atoms with Gasteiger partial charge in [-0.2, -0.15) is 0 Å². The molecule has 9 nitrogen and oxygen atoms in total. The van der Waals surface area contributed by atoms with Gasteiger partial charge in [0.1, 0.15) is 11.2 Å². The molecule has 2 N–H and O–H groups in total. The van der Waals surface area contributed by atoms with Gasteiger partial charge in [0.15, 0.2) is 0 Å². The second-order valence-electron chi connectivity index (χ2n) is 10.6. The van der Waals surface area contributed by atoms with Gasteiger partial charge in [0.2, 0.25) is 11.8 Å². The molecule has 3 aromatic rings. The van der Waals surface area contributed by atoms with E-state index in [1.165, 1.54) is 9.58 Å². The zero-order chi connectivity index (χ0) is 28.9. The van der Waals surface area contributed by atoms with E-state index < -0.39 is 22.9 Å². The predicted molar refractivity (Wildman–Crippen MR) is 156 cm³/mol. The number of hydrogen-bond donors (Lipinski definition) is 2. The summed E-state index contributed by atoms with van der Waals surface area (Å²) in [7, 11) is 1.75. The zero-order valence-corrected chi connectivity index (χ0v) is 23.8. The molecule has 1 saturated carbocycles. The Morgan fingerprint density at radius 3 is 2.17 bits per heavy atom. The molecule has 0 aliphatic heterocycles. The maximum atomic E-state index is 14.0. The first-order valence-corrected chi connectivity index (χ1v) is 14.0. The quantitative estimate of drug-likeness (QED) is 0.426. The van der Waals surface area contributed by atoms with Gasteiger partial charge in [-0.15, -0.1) is 0 Å². The summed E-state index contributed by atoms with van der Waals surface area (Å²) in [5.41, 5.74) is -0.0862. The SMILES string of the molecule is CC[C@](C)(C(=O)NC1CCCCC1)N(C(=O)CNC(=O)c1ccccc1)c1c(C)n(C)n(-c2ccccc2)c1=O. The van der Waals surface area contributed by atoms with Crippen LogP contribution in [0.4, 0.5) is 5.69 Å². The zero-order valence-electron chi connectivity index (χ0n) is 23.8. The predicted octanol–water partition coefficient (Wildman–Crippen LogP) is 3.87. The molecule has 0 bridgehead atoms. The lowest BCUT2D eigenvalue weighted by Crippen LogP contribution is -2.63. The van der Waals surface area contributed by atoms with Gasteiger partial charge in [-0.1, -0.05) is 62.6 Å². The summed E-state index contributed by atoms with van der Waals surface area (Å²) < 4.78 is 3.17. The summed E-state index contributed by atoms with van der Waals surface area (Å²) in [6, 6.07) is 17.8. The normalized spacial score (nSPS) is 15.2. The van der Waals surface area contributed by atoms with Gasteiger partial charge in [-0.3, -0.25) is 28.8 Å². The van der Waals surface area contributed by atoms with E-state index in [0.29, 0.717) is 16.9 Å². The largest absolute Gasteiger partial charge is 0.351 e. The number of anilines is 1. The van der Waals surface area contributed by atoms with E-state index in [4.69, 9.17) is 0 Å². The smallest absolute Gasteiger partial charge is 0.295 e. The average Bonchev–Trinajstić information content (AvgIpc) is 3.20. The molecule has 0 radical (unpaired) electrons. The van der Waals surface area contributed by atoms with Crippen LogP contribution in [0, 0.1) is 6.92 Å². The number of carbonyl (C=O) groups excluding carboxylic acids is 3. The Morgan fingerprint density at radius 1 is 0.975 bits per heavy atom. The molecule has 9 heteroatoms. The van der Waals surface area contributed by atoms with E-state index in [9.17, 15) is 19.2 Å². The van der Waals surface area contributed by atoms with Crippen LogP contribution < -0.4 is 21.1 Å². The van der Waals surface area contributed by atoms with E-state index in [1.807, 2.05) is 37.3 Å². The standard InChI is InChI=1S/C31H39N5O4/c1-5-31(3,30(40)33-24-17-11-7-12-18-24)35(26(37)21-32-28(38)23-15-9-6-10-16-23)27-22(2)34(4)36(29(27)39)25-19-13-8-14-20-25/h6,8-10,13-16,19-20,24H,5,7,11-12,17-18,21H2,1-4H3,(H,32,38)(H,33,40)/t31-/m1/s1. The number of nitrogens with one attached hydrogen (secondary N) is 2. The molecular weight excluding hydrogens is 506 g/mol. The Bertz CT molecular complexity index is 1410. The van der Waals surface area contributed by atoms with E-state index in [-0.39, 0.29) is 30.6 Å². The van der Waals surface area contributed by atoms with Gasteiger partial charge < -0.3 is 10.6 Å². The molecule has 0 unspecified atom stereocenters. The second-order valence-corrected chi connectivity index (χ2v) is 10.6. The van der Waals surface area contributed by atoms with Crippen molar-refractivity contribution in [3.63, 3.8) is 0 Å². The third kappa shape index (κ3) is 5.73. The van der Waals surface area contributed by atoms with Crippen LogP contribution in [-0.4, -0.2) is 45.2 Å². The van der Waals surface area contributed by atoms with Gasteiger partial charge in [0.05, 0.1) is 17.9 Å². The number of aromatic nitrogens is 2. The topological polar surface area (TPSA) is 105 Å². The van der Waals surface area contributed by atoms with E-state index in [2.05, 4.69) is 10.6 Å². The van der Waals surface area contributed by atoms with Crippen LogP contribution in [0.5, 0.6) is 0 Å². The molecule has 1 heterocycles. The fraction of sp³-hybridized carbons (Fsp3) is 0.419. The molecule has 1 fully saturated rings. The van der Waals surface area contributed by atoms with E-state index >= 15 is 0 Å². The molecule has 2 aromatic carbocycles. The van der Waals surface area contributed by atoms with Gasteiger partial charge in [-0.05, 0) is 57.4 Å². The Morgan fingerprint density at radius 2 is 1.57 bits per heavy atom. The van der Waals surface area contributed by atoms with Crippen molar-refractivity contribution in [3.8, 4) is 5.69 Å². The van der Waals surface area contributed by atoms with E-state index in [1.54, 1.807) is 55.9 Å². The highest BCUT2D eigenvalue weighted by Gasteiger charge is 2.45. The van der Waals surface area contributed by atoms with Crippen molar-refractivity contribution in [2.75, 3.05) is 11.4 Å². The van der Waals surface area contributed by atoms with Gasteiger partial charge in [-0.25, -0.2) is 4.68 Å². The minimum absolute atomic E-state index is 0.0275. The van der Waals surface area contributed by atoms with Gasteiger partial charge in [0, 0.05) is 18.7 Å². The average molecular weight is 546 g/mol. The third-order valence-corrected chi connectivity index (χ3v) is 8.04. The minimum Gasteiger partial charge on any atom is -0.351 e. The number of nitrogens with zero attached hydrogens (tertiary/aromatic N) is 3. The first-order chi connectivity index (χ1) is 19.2. The van der Waals surface area contributed by atoms with Crippen LogP contribution in [0.25, 0.3) is 5.69 Å². The molecule has 1 aromatic heterocycles. The van der Waals surface area contributed by atoms with Gasteiger partial charge in [0.25, 0.3) is 11.5 Å². The number of carbonyl (C=O) groups is 3. The molecule has 1 aliphatic carbocycles. The van der Waals surface area contributed by atoms with Crippen LogP contribution in [0.2, 0.25) is 0 Å². The van der Waals surface area contributed by atoms with Crippen molar-refractivity contribution in [1.82, 2.24) is 20.0 Å². The molecule has 3 amide bonds. The van der Waals surface area contributed by atoms with Crippen LogP contribution in [-0.2, 0) is 16.6 Å². The molecule has 1 aliphatic rings. The Hall–Kier alpha value is -4.14. The lowest BCUT2D eigenvalue weighted by atomic mass is 9.90. The van der Waals surface area contributed by atoms with Crippen LogP contribution >= 0.6 is 0 Å². The number of rotatable bonds is 9. The lowest BCUT2D eigenvalue weighted by Gasteiger charge is -2.40. The summed E-state index contributed by atoms with van der Waals surface area (Å²) in [5, 5.41) is 5.84. The Labute approximate surface area is 235 Å². The number of hydrogen-bond acceptors (Lipinski definition) is 4. The molecule has 40 heavy (non-hydrogen) atoms. The highest BCUT2D eigenvalue weighted by atomic mass is 16.2. The summed E-state index contributed by atoms with van der Waals surface area (Å²) in [6.45, 7) is 4.91. The Balaban J connectivity index is 1.76. The molecule has 0 spiro atoms. The highest BCUT2D eigenvalue weighted by Crippen LogP contribution is 2.30. The minimum atomic E-state index is -1.37. The second kappa shape index (κ2) is 12.4. The summed E-state index contributed by atoms with van der Waals surface area (Å²) in [4.78, 5) is 56.0. The maximum Gasteiger partial charge on any atom is 0.295 e. The summed E-state index contributed by atoms with van der Waals surface area (Å²) in [5.74, 6) is -1.26. The maximum absolute atomic E-state index is 14.0. The first kappa shape index (κ1) is 28.9. The number of amides is 3. The number of para-hydroxylation sites is 1. The summed E-state index contributed by atoms with van der Waals surface area (Å²) >= 11 is 0.